The fourth-order valence-electron chi connectivity index (χ4n) is 3.36. The number of benzene rings is 2. The van der Waals surface area contributed by atoms with Crippen molar-refractivity contribution in [3.63, 3.8) is 0 Å². The quantitative estimate of drug-likeness (QED) is 0.911. The van der Waals surface area contributed by atoms with Crippen LogP contribution in [0.25, 0.3) is 0 Å². The molecule has 0 fully saturated rings. The van der Waals surface area contributed by atoms with Crippen LogP contribution in [-0.2, 0) is 6.42 Å². The van der Waals surface area contributed by atoms with E-state index in [2.05, 4.69) is 11.4 Å². The van der Waals surface area contributed by atoms with E-state index in [-0.39, 0.29) is 5.82 Å². The number of hydrogen-bond donors (Lipinski definition) is 2. The highest BCUT2D eigenvalue weighted by molar-refractivity contribution is 5.43. The van der Waals surface area contributed by atoms with Crippen LogP contribution in [0.4, 0.5) is 4.39 Å². The Labute approximate surface area is 136 Å². The second-order valence-electron chi connectivity index (χ2n) is 6.42. The molecule has 1 aliphatic carbocycles. The molecule has 122 valence electrons. The van der Waals surface area contributed by atoms with E-state index < -0.39 is 11.7 Å². The molecule has 23 heavy (non-hydrogen) atoms. The standard InChI is InChI=1S/C19H22FNO2/c1-12-4-6-16-14(8-12)10-19(22,11-21-3)18(16)23-17-7-5-15(20)9-13(17)2/h4-9,18,21-22H,10-11H2,1-3H3. The average molecular weight is 315 g/mol. The molecule has 3 nitrogen and oxygen atoms in total. The third-order valence-electron chi connectivity index (χ3n) is 4.43. The minimum absolute atomic E-state index is 0.289. The Morgan fingerprint density at radius 3 is 2.74 bits per heavy atom. The molecule has 2 aromatic carbocycles. The number of likely N-dealkylation sites (N-methyl/N-ethyl adjacent to an activating group) is 1. The average Bonchev–Trinajstić information content (AvgIpc) is 2.73. The lowest BCUT2D eigenvalue weighted by Gasteiger charge is -2.31. The highest BCUT2D eigenvalue weighted by Crippen LogP contribution is 2.43. The van der Waals surface area contributed by atoms with Crippen LogP contribution in [0.2, 0.25) is 0 Å². The van der Waals surface area contributed by atoms with E-state index in [1.807, 2.05) is 26.1 Å². The Hall–Kier alpha value is -1.91. The van der Waals surface area contributed by atoms with Crippen molar-refractivity contribution < 1.29 is 14.2 Å². The number of aryl methyl sites for hydroxylation is 2. The number of hydrogen-bond acceptors (Lipinski definition) is 3. The molecular formula is C19H22FNO2. The summed E-state index contributed by atoms with van der Waals surface area (Å²) in [5.74, 6) is 0.308. The Balaban J connectivity index is 1.99. The smallest absolute Gasteiger partial charge is 0.154 e. The van der Waals surface area contributed by atoms with Crippen LogP contribution in [0.15, 0.2) is 36.4 Å². The molecule has 2 aromatic rings. The van der Waals surface area contributed by atoms with Gasteiger partial charge in [-0.1, -0.05) is 23.8 Å². The van der Waals surface area contributed by atoms with Crippen molar-refractivity contribution in [2.75, 3.05) is 13.6 Å². The summed E-state index contributed by atoms with van der Waals surface area (Å²) in [7, 11) is 1.81. The first kappa shape index (κ1) is 16.0. The zero-order valence-corrected chi connectivity index (χ0v) is 13.7. The number of nitrogens with one attached hydrogen (secondary N) is 1. The van der Waals surface area contributed by atoms with Crippen molar-refractivity contribution >= 4 is 0 Å². The molecule has 0 aliphatic heterocycles. The van der Waals surface area contributed by atoms with Crippen molar-refractivity contribution in [2.45, 2.75) is 32.0 Å². The lowest BCUT2D eigenvalue weighted by molar-refractivity contribution is -0.0487. The molecule has 2 unspecified atom stereocenters. The molecule has 2 N–H and O–H groups in total. The van der Waals surface area contributed by atoms with Gasteiger partial charge in [-0.2, -0.15) is 0 Å². The topological polar surface area (TPSA) is 41.5 Å². The van der Waals surface area contributed by atoms with Gasteiger partial charge in [-0.05, 0) is 55.8 Å². The van der Waals surface area contributed by atoms with Gasteiger partial charge in [0.25, 0.3) is 0 Å². The predicted octanol–water partition coefficient (Wildman–Crippen LogP) is 3.07. The maximum Gasteiger partial charge on any atom is 0.154 e. The maximum absolute atomic E-state index is 13.3. The Kier molecular flexibility index (Phi) is 4.13. The van der Waals surface area contributed by atoms with Crippen molar-refractivity contribution in [2.24, 2.45) is 0 Å². The van der Waals surface area contributed by atoms with E-state index in [1.165, 1.54) is 12.1 Å². The number of ether oxygens (including phenoxy) is 1. The highest BCUT2D eigenvalue weighted by Gasteiger charge is 2.46. The minimum atomic E-state index is -1.02. The summed E-state index contributed by atoms with van der Waals surface area (Å²) in [5, 5.41) is 14.2. The van der Waals surface area contributed by atoms with Crippen molar-refractivity contribution in [1.82, 2.24) is 5.32 Å². The second kappa shape index (κ2) is 5.95. The van der Waals surface area contributed by atoms with Gasteiger partial charge in [0.1, 0.15) is 17.2 Å². The van der Waals surface area contributed by atoms with Gasteiger partial charge in [-0.15, -0.1) is 0 Å². The minimum Gasteiger partial charge on any atom is -0.482 e. The van der Waals surface area contributed by atoms with E-state index in [4.69, 9.17) is 4.74 Å². The summed E-state index contributed by atoms with van der Waals surface area (Å²) in [5.41, 5.74) is 2.96. The fraction of sp³-hybridized carbons (Fsp3) is 0.368. The van der Waals surface area contributed by atoms with Gasteiger partial charge in [0, 0.05) is 13.0 Å². The zero-order valence-electron chi connectivity index (χ0n) is 13.7. The normalized spacial score (nSPS) is 22.9. The molecule has 3 rings (SSSR count). The molecule has 0 radical (unpaired) electrons. The summed E-state index contributed by atoms with van der Waals surface area (Å²) in [4.78, 5) is 0. The lowest BCUT2D eigenvalue weighted by Crippen LogP contribution is -2.45. The summed E-state index contributed by atoms with van der Waals surface area (Å²) in [6, 6.07) is 10.6. The third-order valence-corrected chi connectivity index (χ3v) is 4.43. The molecule has 0 heterocycles. The van der Waals surface area contributed by atoms with E-state index in [0.717, 1.165) is 22.3 Å². The fourth-order valence-corrected chi connectivity index (χ4v) is 3.36. The number of halogens is 1. The van der Waals surface area contributed by atoms with Crippen LogP contribution >= 0.6 is 0 Å². The van der Waals surface area contributed by atoms with Gasteiger partial charge >= 0.3 is 0 Å². The molecule has 4 heteroatoms. The summed E-state index contributed by atoms with van der Waals surface area (Å²) >= 11 is 0. The second-order valence-corrected chi connectivity index (χ2v) is 6.42. The first-order valence-electron chi connectivity index (χ1n) is 7.82. The predicted molar refractivity (Wildman–Crippen MR) is 88.3 cm³/mol. The van der Waals surface area contributed by atoms with Crippen LogP contribution in [0.3, 0.4) is 0 Å². The van der Waals surface area contributed by atoms with E-state index in [1.54, 1.807) is 13.0 Å². The lowest BCUT2D eigenvalue weighted by atomic mass is 9.97. The van der Waals surface area contributed by atoms with Crippen LogP contribution in [0.5, 0.6) is 5.75 Å². The van der Waals surface area contributed by atoms with Gasteiger partial charge in [0.2, 0.25) is 0 Å². The molecule has 0 aromatic heterocycles. The van der Waals surface area contributed by atoms with Gasteiger partial charge < -0.3 is 15.2 Å². The van der Waals surface area contributed by atoms with Crippen LogP contribution in [-0.4, -0.2) is 24.3 Å². The first-order chi connectivity index (χ1) is 10.9. The third kappa shape index (κ3) is 2.96. The molecule has 0 saturated carbocycles. The molecule has 0 bridgehead atoms. The van der Waals surface area contributed by atoms with Crippen LogP contribution in [0.1, 0.15) is 28.4 Å². The van der Waals surface area contributed by atoms with Crippen LogP contribution < -0.4 is 10.1 Å². The number of rotatable bonds is 4. The van der Waals surface area contributed by atoms with E-state index in [0.29, 0.717) is 18.7 Å². The zero-order chi connectivity index (χ0) is 16.6. The molecule has 0 amide bonds. The molecule has 0 saturated heterocycles. The van der Waals surface area contributed by atoms with Crippen molar-refractivity contribution in [3.05, 3.63) is 64.5 Å². The Morgan fingerprint density at radius 1 is 1.26 bits per heavy atom. The van der Waals surface area contributed by atoms with E-state index in [9.17, 15) is 9.50 Å². The monoisotopic (exact) mass is 315 g/mol. The number of aliphatic hydroxyl groups is 1. The first-order valence-corrected chi connectivity index (χ1v) is 7.82. The highest BCUT2D eigenvalue weighted by atomic mass is 19.1. The molecule has 0 spiro atoms. The van der Waals surface area contributed by atoms with Gasteiger partial charge in [-0.3, -0.25) is 0 Å². The molecule has 1 aliphatic rings. The number of fused-ring (bicyclic) bond motifs is 1. The SMILES string of the molecule is CNCC1(O)Cc2cc(C)ccc2C1Oc1ccc(F)cc1C. The Morgan fingerprint density at radius 2 is 2.04 bits per heavy atom. The van der Waals surface area contributed by atoms with E-state index >= 15 is 0 Å². The Bertz CT molecular complexity index is 731. The maximum atomic E-state index is 13.3. The van der Waals surface area contributed by atoms with Crippen molar-refractivity contribution in [3.8, 4) is 5.75 Å². The summed E-state index contributed by atoms with van der Waals surface area (Å²) in [6.07, 6.45) is 0.0603. The molecular weight excluding hydrogens is 293 g/mol. The van der Waals surface area contributed by atoms with Crippen LogP contribution in [0, 0.1) is 19.7 Å². The van der Waals surface area contributed by atoms with Gasteiger partial charge in [0.05, 0.1) is 0 Å². The molecule has 2 atom stereocenters. The van der Waals surface area contributed by atoms with Crippen molar-refractivity contribution in [1.29, 1.82) is 0 Å². The summed E-state index contributed by atoms with van der Waals surface area (Å²) < 4.78 is 19.4. The summed E-state index contributed by atoms with van der Waals surface area (Å²) in [6.45, 7) is 4.27. The van der Waals surface area contributed by atoms with Gasteiger partial charge in [-0.25, -0.2) is 4.39 Å². The van der Waals surface area contributed by atoms with Gasteiger partial charge in [0.15, 0.2) is 6.10 Å². The largest absolute Gasteiger partial charge is 0.482 e.